The molecule has 0 aromatic heterocycles. The molecule has 0 aliphatic heterocycles. The van der Waals surface area contributed by atoms with Crippen LogP contribution in [0, 0.1) is 6.92 Å². The molecule has 0 heterocycles. The minimum Gasteiger partial charge on any atom is -0.0843 e. The fraction of sp³-hybridized carbons (Fsp3) is 0.0769. The fourth-order valence-corrected chi connectivity index (χ4v) is 2.16. The van der Waals surface area contributed by atoms with Crippen LogP contribution in [0.3, 0.4) is 0 Å². The Labute approximate surface area is 99.5 Å². The Hall–Kier alpha value is -0.980. The highest BCUT2D eigenvalue weighted by atomic mass is 35.5. The second kappa shape index (κ2) is 4.26. The molecule has 2 rings (SSSR count). The molecule has 2 heteroatoms. The van der Waals surface area contributed by atoms with Gasteiger partial charge in [-0.25, -0.2) is 0 Å². The Morgan fingerprint density at radius 2 is 1.67 bits per heavy atom. The monoisotopic (exact) mass is 236 g/mol. The third-order valence-electron chi connectivity index (χ3n) is 2.34. The third-order valence-corrected chi connectivity index (χ3v) is 2.89. The molecule has 0 spiro atoms. The van der Waals surface area contributed by atoms with Crippen molar-refractivity contribution >= 4 is 23.2 Å². The zero-order valence-corrected chi connectivity index (χ0v) is 9.81. The maximum absolute atomic E-state index is 6.17. The van der Waals surface area contributed by atoms with Crippen molar-refractivity contribution in [2.75, 3.05) is 0 Å². The van der Waals surface area contributed by atoms with Crippen LogP contribution < -0.4 is 0 Å². The number of aryl methyl sites for hydroxylation is 1. The van der Waals surface area contributed by atoms with Gasteiger partial charge in [-0.15, -0.1) is 0 Å². The van der Waals surface area contributed by atoms with Crippen LogP contribution in [0.1, 0.15) is 5.56 Å². The van der Waals surface area contributed by atoms with E-state index in [4.69, 9.17) is 23.2 Å². The molecule has 15 heavy (non-hydrogen) atoms. The van der Waals surface area contributed by atoms with Crippen LogP contribution in [0.2, 0.25) is 10.0 Å². The largest absolute Gasteiger partial charge is 0.0843 e. The topological polar surface area (TPSA) is 0 Å². The molecule has 0 saturated heterocycles. The van der Waals surface area contributed by atoms with Gasteiger partial charge in [0.15, 0.2) is 0 Å². The Morgan fingerprint density at radius 3 is 2.33 bits per heavy atom. The van der Waals surface area contributed by atoms with E-state index in [1.807, 2.05) is 49.4 Å². The summed E-state index contributed by atoms with van der Waals surface area (Å²) in [6.45, 7) is 2.04. The predicted octanol–water partition coefficient (Wildman–Crippen LogP) is 4.97. The van der Waals surface area contributed by atoms with Gasteiger partial charge in [0.1, 0.15) is 0 Å². The summed E-state index contributed by atoms with van der Waals surface area (Å²) in [6.07, 6.45) is 0. The lowest BCUT2D eigenvalue weighted by Crippen LogP contribution is -1.84. The van der Waals surface area contributed by atoms with Crippen molar-refractivity contribution in [2.45, 2.75) is 6.92 Å². The standard InChI is InChI=1S/C13H10Cl2/c1-9-4-2-7-12(15)13(9)10-5-3-6-11(14)8-10/h2-8H,1H3. The summed E-state index contributed by atoms with van der Waals surface area (Å²) < 4.78 is 0. The maximum Gasteiger partial charge on any atom is 0.0487 e. The lowest BCUT2D eigenvalue weighted by molar-refractivity contribution is 1.46. The van der Waals surface area contributed by atoms with Crippen LogP contribution >= 0.6 is 23.2 Å². The van der Waals surface area contributed by atoms with E-state index >= 15 is 0 Å². The SMILES string of the molecule is Cc1cccc(Cl)c1-c1cccc(Cl)c1. The van der Waals surface area contributed by atoms with Crippen LogP contribution in [0.15, 0.2) is 42.5 Å². The van der Waals surface area contributed by atoms with Crippen molar-refractivity contribution < 1.29 is 0 Å². The van der Waals surface area contributed by atoms with E-state index < -0.39 is 0 Å². The van der Waals surface area contributed by atoms with Crippen LogP contribution in [-0.2, 0) is 0 Å². The normalized spacial score (nSPS) is 10.3. The first-order valence-corrected chi connectivity index (χ1v) is 5.45. The fourth-order valence-electron chi connectivity index (χ4n) is 1.64. The van der Waals surface area contributed by atoms with Crippen molar-refractivity contribution in [3.05, 3.63) is 58.1 Å². The van der Waals surface area contributed by atoms with E-state index in [1.165, 1.54) is 0 Å². The van der Waals surface area contributed by atoms with Crippen molar-refractivity contribution in [3.8, 4) is 11.1 Å². The summed E-state index contributed by atoms with van der Waals surface area (Å²) in [6, 6.07) is 13.6. The van der Waals surface area contributed by atoms with Crippen molar-refractivity contribution in [3.63, 3.8) is 0 Å². The van der Waals surface area contributed by atoms with Gasteiger partial charge in [-0.2, -0.15) is 0 Å². The van der Waals surface area contributed by atoms with E-state index in [2.05, 4.69) is 0 Å². The first-order valence-electron chi connectivity index (χ1n) is 4.69. The lowest BCUT2D eigenvalue weighted by atomic mass is 10.0. The molecule has 2 aromatic carbocycles. The molecule has 76 valence electrons. The molecule has 0 amide bonds. The van der Waals surface area contributed by atoms with Crippen LogP contribution in [0.25, 0.3) is 11.1 Å². The van der Waals surface area contributed by atoms with Gasteiger partial charge in [0.05, 0.1) is 0 Å². The highest BCUT2D eigenvalue weighted by Gasteiger charge is 2.06. The van der Waals surface area contributed by atoms with Gasteiger partial charge in [-0.05, 0) is 36.2 Å². The molecule has 0 unspecified atom stereocenters. The zero-order chi connectivity index (χ0) is 10.8. The second-order valence-corrected chi connectivity index (χ2v) is 4.29. The first-order chi connectivity index (χ1) is 7.18. The maximum atomic E-state index is 6.17. The zero-order valence-electron chi connectivity index (χ0n) is 8.30. The Balaban J connectivity index is 2.63. The predicted molar refractivity (Wildman–Crippen MR) is 66.6 cm³/mol. The van der Waals surface area contributed by atoms with Gasteiger partial charge in [0.2, 0.25) is 0 Å². The summed E-state index contributed by atoms with van der Waals surface area (Å²) >= 11 is 12.1. The van der Waals surface area contributed by atoms with Gasteiger partial charge < -0.3 is 0 Å². The highest BCUT2D eigenvalue weighted by molar-refractivity contribution is 6.34. The van der Waals surface area contributed by atoms with E-state index in [1.54, 1.807) is 0 Å². The van der Waals surface area contributed by atoms with Gasteiger partial charge in [-0.3, -0.25) is 0 Å². The second-order valence-electron chi connectivity index (χ2n) is 3.44. The Bertz CT molecular complexity index is 469. The lowest BCUT2D eigenvalue weighted by Gasteiger charge is -2.08. The van der Waals surface area contributed by atoms with E-state index in [0.29, 0.717) is 0 Å². The quantitative estimate of drug-likeness (QED) is 0.656. The highest BCUT2D eigenvalue weighted by Crippen LogP contribution is 2.32. The third kappa shape index (κ3) is 2.17. The molecule has 0 N–H and O–H groups in total. The smallest absolute Gasteiger partial charge is 0.0487 e. The van der Waals surface area contributed by atoms with Crippen molar-refractivity contribution in [1.82, 2.24) is 0 Å². The molecular formula is C13H10Cl2. The van der Waals surface area contributed by atoms with Crippen LogP contribution in [0.4, 0.5) is 0 Å². The average molecular weight is 237 g/mol. The van der Waals surface area contributed by atoms with Gasteiger partial charge >= 0.3 is 0 Å². The first kappa shape index (κ1) is 10.5. The van der Waals surface area contributed by atoms with Crippen molar-refractivity contribution in [2.24, 2.45) is 0 Å². The molecule has 0 nitrogen and oxygen atoms in total. The number of halogens is 2. The van der Waals surface area contributed by atoms with Crippen molar-refractivity contribution in [1.29, 1.82) is 0 Å². The molecule has 0 fully saturated rings. The van der Waals surface area contributed by atoms with E-state index in [-0.39, 0.29) is 0 Å². The molecule has 0 atom stereocenters. The minimum atomic E-state index is 0.729. The van der Waals surface area contributed by atoms with Gasteiger partial charge in [0, 0.05) is 15.6 Å². The van der Waals surface area contributed by atoms with Gasteiger partial charge in [0.25, 0.3) is 0 Å². The van der Waals surface area contributed by atoms with E-state index in [9.17, 15) is 0 Å². The number of hydrogen-bond acceptors (Lipinski definition) is 0. The summed E-state index contributed by atoms with van der Waals surface area (Å²) in [5.74, 6) is 0. The molecule has 0 aliphatic rings. The minimum absolute atomic E-state index is 0.729. The molecule has 0 aliphatic carbocycles. The summed E-state index contributed by atoms with van der Waals surface area (Å²) in [4.78, 5) is 0. The molecule has 0 saturated carbocycles. The molecule has 0 radical (unpaired) electrons. The molecule has 0 bridgehead atoms. The summed E-state index contributed by atoms with van der Waals surface area (Å²) in [7, 11) is 0. The summed E-state index contributed by atoms with van der Waals surface area (Å²) in [5.41, 5.74) is 3.28. The molecular weight excluding hydrogens is 227 g/mol. The number of benzene rings is 2. The Morgan fingerprint density at radius 1 is 0.933 bits per heavy atom. The average Bonchev–Trinajstić information content (AvgIpc) is 2.17. The number of hydrogen-bond donors (Lipinski definition) is 0. The Kier molecular flexibility index (Phi) is 2.99. The van der Waals surface area contributed by atoms with Crippen LogP contribution in [-0.4, -0.2) is 0 Å². The number of rotatable bonds is 1. The van der Waals surface area contributed by atoms with Gasteiger partial charge in [-0.1, -0.05) is 47.5 Å². The molecule has 2 aromatic rings. The van der Waals surface area contributed by atoms with E-state index in [0.717, 1.165) is 26.7 Å². The van der Waals surface area contributed by atoms with Crippen LogP contribution in [0.5, 0.6) is 0 Å². The summed E-state index contributed by atoms with van der Waals surface area (Å²) in [5, 5.41) is 1.49.